The van der Waals surface area contributed by atoms with Crippen molar-refractivity contribution in [2.24, 2.45) is 0 Å². The topological polar surface area (TPSA) is 93.3 Å². The number of rotatable bonds is 6. The van der Waals surface area contributed by atoms with E-state index in [-0.39, 0.29) is 5.56 Å². The number of hydrogen-bond acceptors (Lipinski definition) is 5. The van der Waals surface area contributed by atoms with Gasteiger partial charge >= 0.3 is 5.97 Å². The number of carbonyl (C=O) groups is 2. The van der Waals surface area contributed by atoms with Crippen LogP contribution in [0.1, 0.15) is 27.2 Å². The monoisotopic (exact) mass is 481 g/mol. The summed E-state index contributed by atoms with van der Waals surface area (Å²) in [6.07, 6.45) is 0. The fourth-order valence-corrected chi connectivity index (χ4v) is 3.53. The summed E-state index contributed by atoms with van der Waals surface area (Å²) in [7, 11) is 1.49. The van der Waals surface area contributed by atoms with E-state index in [0.717, 1.165) is 16.9 Å². The Bertz CT molecular complexity index is 1180. The highest BCUT2D eigenvalue weighted by Gasteiger charge is 2.21. The molecule has 1 heterocycles. The molecule has 0 saturated heterocycles. The number of anilines is 1. The molecule has 0 spiro atoms. The van der Waals surface area contributed by atoms with Gasteiger partial charge in [-0.3, -0.25) is 9.36 Å². The zero-order valence-corrected chi connectivity index (χ0v) is 18.8. The van der Waals surface area contributed by atoms with Gasteiger partial charge in [-0.05, 0) is 65.7 Å². The summed E-state index contributed by atoms with van der Waals surface area (Å²) in [6.45, 7) is 3.19. The Hall–Kier alpha value is -3.57. The molecule has 1 aromatic heterocycles. The standard InChI is InChI=1S/C23H20BrN3O4/c1-14-15(2)27(16-7-5-4-6-8-16)22(19(14)12-25)26-21(28)13-31-23(29)18-11-17(30-3)9-10-20(18)24/h4-11H,13H2,1-3H3,(H,26,28). The van der Waals surface area contributed by atoms with Crippen molar-refractivity contribution in [2.75, 3.05) is 19.0 Å². The van der Waals surface area contributed by atoms with Crippen LogP contribution < -0.4 is 10.1 Å². The van der Waals surface area contributed by atoms with Gasteiger partial charge in [0.1, 0.15) is 17.6 Å². The number of methoxy groups -OCH3 is 1. The Balaban J connectivity index is 1.81. The molecule has 0 fully saturated rings. The van der Waals surface area contributed by atoms with Crippen LogP contribution in [0.2, 0.25) is 0 Å². The molecule has 0 aliphatic rings. The number of nitriles is 1. The number of aromatic nitrogens is 1. The second kappa shape index (κ2) is 9.49. The van der Waals surface area contributed by atoms with Crippen molar-refractivity contribution in [3.8, 4) is 17.5 Å². The molecule has 0 saturated carbocycles. The molecular formula is C23H20BrN3O4. The molecule has 158 valence electrons. The van der Waals surface area contributed by atoms with Crippen LogP contribution in [0.15, 0.2) is 53.0 Å². The van der Waals surface area contributed by atoms with Crippen LogP contribution >= 0.6 is 15.9 Å². The molecule has 0 aliphatic heterocycles. The normalized spacial score (nSPS) is 10.3. The number of nitrogens with one attached hydrogen (secondary N) is 1. The van der Waals surface area contributed by atoms with E-state index in [1.165, 1.54) is 13.2 Å². The van der Waals surface area contributed by atoms with E-state index in [1.807, 2.05) is 44.2 Å². The first-order chi connectivity index (χ1) is 14.9. The van der Waals surface area contributed by atoms with Crippen molar-refractivity contribution in [1.29, 1.82) is 5.26 Å². The first-order valence-electron chi connectivity index (χ1n) is 9.35. The van der Waals surface area contributed by atoms with Crippen LogP contribution in [0.4, 0.5) is 5.82 Å². The van der Waals surface area contributed by atoms with Gasteiger partial charge in [0.15, 0.2) is 6.61 Å². The molecule has 8 heteroatoms. The van der Waals surface area contributed by atoms with Crippen molar-refractivity contribution < 1.29 is 19.1 Å². The molecule has 1 amide bonds. The number of benzene rings is 2. The van der Waals surface area contributed by atoms with Crippen molar-refractivity contribution in [3.63, 3.8) is 0 Å². The average molecular weight is 482 g/mol. The maximum atomic E-state index is 12.6. The Morgan fingerprint density at radius 3 is 2.52 bits per heavy atom. The number of carbonyl (C=O) groups excluding carboxylic acids is 2. The van der Waals surface area contributed by atoms with E-state index in [2.05, 4.69) is 27.3 Å². The van der Waals surface area contributed by atoms with Gasteiger partial charge < -0.3 is 14.8 Å². The first-order valence-corrected chi connectivity index (χ1v) is 10.1. The van der Waals surface area contributed by atoms with Gasteiger partial charge in [-0.15, -0.1) is 0 Å². The summed E-state index contributed by atoms with van der Waals surface area (Å²) in [6, 6.07) is 16.4. The molecule has 0 unspecified atom stereocenters. The van der Waals surface area contributed by atoms with Crippen molar-refractivity contribution in [1.82, 2.24) is 4.57 Å². The van der Waals surface area contributed by atoms with E-state index < -0.39 is 18.5 Å². The van der Waals surface area contributed by atoms with Crippen LogP contribution in [0, 0.1) is 25.2 Å². The fourth-order valence-electron chi connectivity index (χ4n) is 3.13. The minimum Gasteiger partial charge on any atom is -0.497 e. The molecule has 0 bridgehead atoms. The predicted molar refractivity (Wildman–Crippen MR) is 120 cm³/mol. The van der Waals surface area contributed by atoms with Crippen LogP contribution in [0.5, 0.6) is 5.75 Å². The number of ether oxygens (including phenoxy) is 2. The summed E-state index contributed by atoms with van der Waals surface area (Å²) in [5, 5.41) is 12.3. The van der Waals surface area contributed by atoms with E-state index in [1.54, 1.807) is 16.7 Å². The fraction of sp³-hybridized carbons (Fsp3) is 0.174. The molecule has 3 rings (SSSR count). The Kier molecular flexibility index (Phi) is 6.78. The maximum Gasteiger partial charge on any atom is 0.339 e. The number of esters is 1. The van der Waals surface area contributed by atoms with Gasteiger partial charge in [0, 0.05) is 15.9 Å². The smallest absolute Gasteiger partial charge is 0.339 e. The van der Waals surface area contributed by atoms with Gasteiger partial charge in [0.25, 0.3) is 5.91 Å². The summed E-state index contributed by atoms with van der Waals surface area (Å²) >= 11 is 3.29. The highest BCUT2D eigenvalue weighted by atomic mass is 79.9. The highest BCUT2D eigenvalue weighted by molar-refractivity contribution is 9.10. The third-order valence-corrected chi connectivity index (χ3v) is 5.52. The third kappa shape index (κ3) is 4.62. The molecule has 0 radical (unpaired) electrons. The van der Waals surface area contributed by atoms with E-state index in [0.29, 0.717) is 21.6 Å². The maximum absolute atomic E-state index is 12.6. The molecule has 3 aromatic rings. The predicted octanol–water partition coefficient (Wildman–Crippen LogP) is 4.53. The molecule has 0 atom stereocenters. The Labute approximate surface area is 188 Å². The van der Waals surface area contributed by atoms with E-state index >= 15 is 0 Å². The summed E-state index contributed by atoms with van der Waals surface area (Å²) < 4.78 is 12.6. The summed E-state index contributed by atoms with van der Waals surface area (Å²) in [5.74, 6) is -0.400. The zero-order chi connectivity index (χ0) is 22.5. The van der Waals surface area contributed by atoms with E-state index in [9.17, 15) is 14.9 Å². The second-order valence-corrected chi connectivity index (χ2v) is 7.54. The number of hydrogen-bond donors (Lipinski definition) is 1. The van der Waals surface area contributed by atoms with Gasteiger partial charge in [-0.25, -0.2) is 4.79 Å². The Morgan fingerprint density at radius 1 is 1.16 bits per heavy atom. The number of amides is 1. The molecule has 1 N–H and O–H groups in total. The number of halogens is 1. The quantitative estimate of drug-likeness (QED) is 0.521. The number of nitrogens with zero attached hydrogens (tertiary/aromatic N) is 2. The minimum absolute atomic E-state index is 0.240. The SMILES string of the molecule is COc1ccc(Br)c(C(=O)OCC(=O)Nc2c(C#N)c(C)c(C)n2-c2ccccc2)c1. The zero-order valence-electron chi connectivity index (χ0n) is 17.2. The van der Waals surface area contributed by atoms with Gasteiger partial charge in [-0.1, -0.05) is 18.2 Å². The van der Waals surface area contributed by atoms with E-state index in [4.69, 9.17) is 9.47 Å². The lowest BCUT2D eigenvalue weighted by molar-refractivity contribution is -0.119. The molecule has 2 aromatic carbocycles. The van der Waals surface area contributed by atoms with Crippen molar-refractivity contribution in [2.45, 2.75) is 13.8 Å². The summed E-state index contributed by atoms with van der Waals surface area (Å²) in [4.78, 5) is 25.0. The summed E-state index contributed by atoms with van der Waals surface area (Å²) in [5.41, 5.74) is 2.99. The average Bonchev–Trinajstić information content (AvgIpc) is 3.01. The van der Waals surface area contributed by atoms with Crippen LogP contribution in [-0.4, -0.2) is 30.2 Å². The van der Waals surface area contributed by atoms with Crippen LogP contribution in [0.3, 0.4) is 0 Å². The highest BCUT2D eigenvalue weighted by Crippen LogP contribution is 2.30. The molecule has 7 nitrogen and oxygen atoms in total. The second-order valence-electron chi connectivity index (χ2n) is 6.69. The van der Waals surface area contributed by atoms with Crippen LogP contribution in [-0.2, 0) is 9.53 Å². The Morgan fingerprint density at radius 2 is 1.87 bits per heavy atom. The molecule has 31 heavy (non-hydrogen) atoms. The third-order valence-electron chi connectivity index (χ3n) is 4.83. The van der Waals surface area contributed by atoms with Gasteiger partial charge in [-0.2, -0.15) is 5.26 Å². The molecular weight excluding hydrogens is 462 g/mol. The van der Waals surface area contributed by atoms with Gasteiger partial charge in [0.2, 0.25) is 0 Å². The number of para-hydroxylation sites is 1. The minimum atomic E-state index is -0.674. The first kappa shape index (κ1) is 22.1. The largest absolute Gasteiger partial charge is 0.497 e. The van der Waals surface area contributed by atoms with Crippen LogP contribution in [0.25, 0.3) is 5.69 Å². The van der Waals surface area contributed by atoms with Gasteiger partial charge in [0.05, 0.1) is 18.2 Å². The lowest BCUT2D eigenvalue weighted by Gasteiger charge is -2.13. The lowest BCUT2D eigenvalue weighted by atomic mass is 10.2. The van der Waals surface area contributed by atoms with Crippen molar-refractivity contribution in [3.05, 3.63) is 75.4 Å². The molecule has 0 aliphatic carbocycles. The lowest BCUT2D eigenvalue weighted by Crippen LogP contribution is -2.23. The van der Waals surface area contributed by atoms with Crippen molar-refractivity contribution >= 4 is 33.6 Å².